The molecule has 2 atom stereocenters. The third-order valence-electron chi connectivity index (χ3n) is 4.14. The molecule has 1 fully saturated rings. The van der Waals surface area contributed by atoms with Gasteiger partial charge in [-0.2, -0.15) is 0 Å². The van der Waals surface area contributed by atoms with Gasteiger partial charge in [0.25, 0.3) is 0 Å². The molecule has 1 aromatic carbocycles. The molecular weight excluding hydrogens is 291 g/mol. The molecule has 0 aromatic heterocycles. The van der Waals surface area contributed by atoms with Gasteiger partial charge in [0.2, 0.25) is 10.0 Å². The van der Waals surface area contributed by atoms with Crippen LogP contribution in [0.5, 0.6) is 0 Å². The molecule has 1 saturated heterocycles. The zero-order valence-electron chi connectivity index (χ0n) is 12.8. The quantitative estimate of drug-likeness (QED) is 0.923. The van der Waals surface area contributed by atoms with Gasteiger partial charge in [-0.1, -0.05) is 19.1 Å². The van der Waals surface area contributed by atoms with E-state index in [1.54, 1.807) is 19.1 Å². The lowest BCUT2D eigenvalue weighted by Crippen LogP contribution is -2.49. The maximum atomic E-state index is 13.5. The lowest BCUT2D eigenvalue weighted by atomic mass is 9.95. The third kappa shape index (κ3) is 4.25. The summed E-state index contributed by atoms with van der Waals surface area (Å²) in [5.41, 5.74) is 1.56. The summed E-state index contributed by atoms with van der Waals surface area (Å²) in [7, 11) is -3.10. The van der Waals surface area contributed by atoms with Crippen LogP contribution in [0.4, 0.5) is 4.39 Å². The number of sulfonamides is 1. The van der Waals surface area contributed by atoms with Gasteiger partial charge in [0.15, 0.2) is 0 Å². The fourth-order valence-corrected chi connectivity index (χ4v) is 3.65. The molecule has 0 aliphatic carbocycles. The van der Waals surface area contributed by atoms with Crippen LogP contribution in [0.1, 0.15) is 24.5 Å². The molecule has 1 aromatic rings. The molecule has 1 N–H and O–H groups in total. The molecule has 1 aliphatic rings. The van der Waals surface area contributed by atoms with Crippen molar-refractivity contribution in [3.05, 3.63) is 35.1 Å². The molecule has 4 nitrogen and oxygen atoms in total. The van der Waals surface area contributed by atoms with Crippen LogP contribution in [0.3, 0.4) is 0 Å². The standard InChI is InChI=1S/C15H23FN2O2S/c1-11-4-5-13(8-14(11)16)9-17-15-6-7-18(10-12(15)2)21(3,19)20/h4-5,8,12,15,17H,6-7,9-10H2,1-3H3/t12-,15+/m1/s1. The Morgan fingerprint density at radius 1 is 1.43 bits per heavy atom. The minimum Gasteiger partial charge on any atom is -0.310 e. The second-order valence-corrected chi connectivity index (χ2v) is 7.94. The second-order valence-electron chi connectivity index (χ2n) is 5.96. The molecule has 1 aliphatic heterocycles. The number of aryl methyl sites for hydroxylation is 1. The first kappa shape index (κ1) is 16.4. The Balaban J connectivity index is 1.91. The first-order valence-corrected chi connectivity index (χ1v) is 9.05. The average Bonchev–Trinajstić information content (AvgIpc) is 2.40. The summed E-state index contributed by atoms with van der Waals surface area (Å²) in [6.45, 7) is 5.48. The zero-order chi connectivity index (χ0) is 15.6. The predicted molar refractivity (Wildman–Crippen MR) is 82.0 cm³/mol. The molecule has 2 rings (SSSR count). The molecule has 0 amide bonds. The van der Waals surface area contributed by atoms with E-state index in [0.29, 0.717) is 25.2 Å². The highest BCUT2D eigenvalue weighted by Gasteiger charge is 2.29. The number of nitrogens with one attached hydrogen (secondary N) is 1. The van der Waals surface area contributed by atoms with E-state index in [-0.39, 0.29) is 17.8 Å². The van der Waals surface area contributed by atoms with Crippen LogP contribution in [-0.4, -0.2) is 38.1 Å². The van der Waals surface area contributed by atoms with Gasteiger partial charge in [0.05, 0.1) is 6.26 Å². The molecule has 0 saturated carbocycles. The Bertz CT molecular complexity index is 604. The van der Waals surface area contributed by atoms with Crippen molar-refractivity contribution in [1.29, 1.82) is 0 Å². The Kier molecular flexibility index (Phi) is 5.01. The van der Waals surface area contributed by atoms with Gasteiger partial charge >= 0.3 is 0 Å². The summed E-state index contributed by atoms with van der Waals surface area (Å²) in [6, 6.07) is 5.51. The molecule has 0 spiro atoms. The Labute approximate surface area is 126 Å². The summed E-state index contributed by atoms with van der Waals surface area (Å²) < 4.78 is 38.1. The minimum absolute atomic E-state index is 0.186. The van der Waals surface area contributed by atoms with Crippen molar-refractivity contribution in [3.8, 4) is 0 Å². The van der Waals surface area contributed by atoms with Crippen molar-refractivity contribution >= 4 is 10.0 Å². The van der Waals surface area contributed by atoms with Crippen molar-refractivity contribution in [2.24, 2.45) is 5.92 Å². The van der Waals surface area contributed by atoms with Crippen molar-refractivity contribution in [2.75, 3.05) is 19.3 Å². The summed E-state index contributed by atoms with van der Waals surface area (Å²) in [5, 5.41) is 3.42. The largest absolute Gasteiger partial charge is 0.310 e. The van der Waals surface area contributed by atoms with Gasteiger partial charge in [-0.15, -0.1) is 0 Å². The summed E-state index contributed by atoms with van der Waals surface area (Å²) >= 11 is 0. The maximum Gasteiger partial charge on any atom is 0.211 e. The van der Waals surface area contributed by atoms with Crippen LogP contribution in [0, 0.1) is 18.7 Å². The Morgan fingerprint density at radius 2 is 2.14 bits per heavy atom. The van der Waals surface area contributed by atoms with Gasteiger partial charge in [-0.3, -0.25) is 0 Å². The van der Waals surface area contributed by atoms with Crippen LogP contribution < -0.4 is 5.32 Å². The average molecular weight is 314 g/mol. The number of hydrogen-bond acceptors (Lipinski definition) is 3. The lowest BCUT2D eigenvalue weighted by molar-refractivity contribution is 0.220. The number of rotatable bonds is 4. The van der Waals surface area contributed by atoms with E-state index in [2.05, 4.69) is 5.32 Å². The summed E-state index contributed by atoms with van der Waals surface area (Å²) in [6.07, 6.45) is 2.03. The number of hydrogen-bond donors (Lipinski definition) is 1. The minimum atomic E-state index is -3.10. The van der Waals surface area contributed by atoms with E-state index in [0.717, 1.165) is 12.0 Å². The van der Waals surface area contributed by atoms with Gasteiger partial charge in [0.1, 0.15) is 5.82 Å². The van der Waals surface area contributed by atoms with E-state index >= 15 is 0 Å². The van der Waals surface area contributed by atoms with Gasteiger partial charge < -0.3 is 5.32 Å². The number of halogens is 1. The monoisotopic (exact) mass is 314 g/mol. The van der Waals surface area contributed by atoms with E-state index in [1.807, 2.05) is 13.0 Å². The molecule has 118 valence electrons. The van der Waals surface area contributed by atoms with Gasteiger partial charge in [-0.05, 0) is 36.5 Å². The molecule has 1 heterocycles. The molecular formula is C15H23FN2O2S. The van der Waals surface area contributed by atoms with Crippen molar-refractivity contribution < 1.29 is 12.8 Å². The highest BCUT2D eigenvalue weighted by molar-refractivity contribution is 7.88. The highest BCUT2D eigenvalue weighted by Crippen LogP contribution is 2.19. The normalized spacial score (nSPS) is 24.2. The number of benzene rings is 1. The van der Waals surface area contributed by atoms with Gasteiger partial charge in [0, 0.05) is 25.7 Å². The fourth-order valence-electron chi connectivity index (χ4n) is 2.71. The van der Waals surface area contributed by atoms with Crippen molar-refractivity contribution in [1.82, 2.24) is 9.62 Å². The molecule has 6 heteroatoms. The summed E-state index contributed by atoms with van der Waals surface area (Å²) in [4.78, 5) is 0. The molecule has 0 unspecified atom stereocenters. The van der Waals surface area contributed by atoms with Crippen LogP contribution in [0.15, 0.2) is 18.2 Å². The number of nitrogens with zero attached hydrogens (tertiary/aromatic N) is 1. The Morgan fingerprint density at radius 3 is 2.71 bits per heavy atom. The van der Waals surface area contributed by atoms with Crippen LogP contribution in [0.2, 0.25) is 0 Å². The SMILES string of the molecule is Cc1ccc(CN[C@H]2CCN(S(C)(=O)=O)C[C@H]2C)cc1F. The predicted octanol–water partition coefficient (Wildman–Crippen LogP) is 1.89. The van der Waals surface area contributed by atoms with Crippen molar-refractivity contribution in [2.45, 2.75) is 32.9 Å². The van der Waals surface area contributed by atoms with E-state index in [1.165, 1.54) is 10.6 Å². The first-order chi connectivity index (χ1) is 9.77. The molecule has 0 radical (unpaired) electrons. The van der Waals surface area contributed by atoms with E-state index < -0.39 is 10.0 Å². The molecule has 21 heavy (non-hydrogen) atoms. The first-order valence-electron chi connectivity index (χ1n) is 7.21. The van der Waals surface area contributed by atoms with Gasteiger partial charge in [-0.25, -0.2) is 17.1 Å². The van der Waals surface area contributed by atoms with Crippen LogP contribution >= 0.6 is 0 Å². The van der Waals surface area contributed by atoms with Crippen LogP contribution in [-0.2, 0) is 16.6 Å². The fraction of sp³-hybridized carbons (Fsp3) is 0.600. The summed E-state index contributed by atoms with van der Waals surface area (Å²) in [5.74, 6) is 0.0537. The van der Waals surface area contributed by atoms with Crippen molar-refractivity contribution in [3.63, 3.8) is 0 Å². The lowest BCUT2D eigenvalue weighted by Gasteiger charge is -2.36. The maximum absolute atomic E-state index is 13.5. The van der Waals surface area contributed by atoms with E-state index in [4.69, 9.17) is 0 Å². The topological polar surface area (TPSA) is 49.4 Å². The third-order valence-corrected chi connectivity index (χ3v) is 5.41. The molecule has 0 bridgehead atoms. The number of piperidine rings is 1. The smallest absolute Gasteiger partial charge is 0.211 e. The van der Waals surface area contributed by atoms with Crippen LogP contribution in [0.25, 0.3) is 0 Å². The highest BCUT2D eigenvalue weighted by atomic mass is 32.2. The Hall–Kier alpha value is -0.980. The second kappa shape index (κ2) is 6.42. The van der Waals surface area contributed by atoms with E-state index in [9.17, 15) is 12.8 Å². The zero-order valence-corrected chi connectivity index (χ0v) is 13.6.